The standard InChI is InChI=1S/C26H32N2O5S/c1-7-33-26(29)25-20(5)19(4)24(27-25)16-28(15-21-8-10-22(32-6)11-9-21)34(30,31)23-13-17(2)12-18(3)14-23/h8-14,27H,7,15-16H2,1-6H3. The van der Waals surface area contributed by atoms with Gasteiger partial charge in [0.25, 0.3) is 0 Å². The van der Waals surface area contributed by atoms with Crippen LogP contribution in [0.3, 0.4) is 0 Å². The number of methoxy groups -OCH3 is 1. The molecule has 1 aromatic heterocycles. The Kier molecular flexibility index (Phi) is 7.84. The number of sulfonamides is 1. The summed E-state index contributed by atoms with van der Waals surface area (Å²) in [5.74, 6) is 0.246. The zero-order valence-corrected chi connectivity index (χ0v) is 21.4. The van der Waals surface area contributed by atoms with Crippen LogP contribution in [0.5, 0.6) is 5.75 Å². The van der Waals surface area contributed by atoms with Gasteiger partial charge in [0.1, 0.15) is 11.4 Å². The molecule has 0 spiro atoms. The molecular formula is C26H32N2O5S. The van der Waals surface area contributed by atoms with E-state index < -0.39 is 16.0 Å². The highest BCUT2D eigenvalue weighted by molar-refractivity contribution is 7.89. The van der Waals surface area contributed by atoms with Crippen molar-refractivity contribution in [3.05, 3.63) is 81.7 Å². The molecule has 0 aliphatic carbocycles. The summed E-state index contributed by atoms with van der Waals surface area (Å²) in [4.78, 5) is 15.7. The van der Waals surface area contributed by atoms with Crippen LogP contribution in [0.15, 0.2) is 47.4 Å². The molecule has 0 aliphatic rings. The minimum absolute atomic E-state index is 0.0768. The van der Waals surface area contributed by atoms with Crippen LogP contribution >= 0.6 is 0 Å². The lowest BCUT2D eigenvalue weighted by Gasteiger charge is -2.23. The Morgan fingerprint density at radius 1 is 0.941 bits per heavy atom. The van der Waals surface area contributed by atoms with Crippen LogP contribution in [0.25, 0.3) is 0 Å². The molecule has 8 heteroatoms. The number of carbonyl (C=O) groups is 1. The third kappa shape index (κ3) is 5.51. The average Bonchev–Trinajstić information content (AvgIpc) is 3.07. The second-order valence-corrected chi connectivity index (χ2v) is 10.3. The number of nitrogens with zero attached hydrogens (tertiary/aromatic N) is 1. The van der Waals surface area contributed by atoms with Crippen molar-refractivity contribution in [2.75, 3.05) is 13.7 Å². The van der Waals surface area contributed by atoms with Gasteiger partial charge in [0, 0.05) is 12.2 Å². The quantitative estimate of drug-likeness (QED) is 0.440. The Bertz CT molecular complexity index is 1260. The van der Waals surface area contributed by atoms with E-state index in [-0.39, 0.29) is 24.6 Å². The van der Waals surface area contributed by atoms with Crippen LogP contribution in [-0.4, -0.2) is 37.4 Å². The number of aromatic nitrogens is 1. The Balaban J connectivity index is 2.04. The van der Waals surface area contributed by atoms with E-state index in [9.17, 15) is 13.2 Å². The van der Waals surface area contributed by atoms with Gasteiger partial charge < -0.3 is 14.5 Å². The Labute approximate surface area is 201 Å². The molecule has 0 saturated carbocycles. The Morgan fingerprint density at radius 2 is 1.56 bits per heavy atom. The lowest BCUT2D eigenvalue weighted by molar-refractivity contribution is 0.0519. The van der Waals surface area contributed by atoms with Crippen molar-refractivity contribution in [3.8, 4) is 5.75 Å². The number of hydrogen-bond acceptors (Lipinski definition) is 5. The summed E-state index contributed by atoms with van der Waals surface area (Å²) >= 11 is 0. The topological polar surface area (TPSA) is 88.7 Å². The largest absolute Gasteiger partial charge is 0.497 e. The van der Waals surface area contributed by atoms with E-state index in [1.54, 1.807) is 38.3 Å². The van der Waals surface area contributed by atoms with E-state index >= 15 is 0 Å². The van der Waals surface area contributed by atoms with Crippen molar-refractivity contribution >= 4 is 16.0 Å². The maximum absolute atomic E-state index is 13.8. The van der Waals surface area contributed by atoms with E-state index in [1.807, 2.05) is 45.9 Å². The SMILES string of the molecule is CCOC(=O)c1[nH]c(CN(Cc2ccc(OC)cc2)S(=O)(=O)c2cc(C)cc(C)c2)c(C)c1C. The zero-order valence-electron chi connectivity index (χ0n) is 20.6. The monoisotopic (exact) mass is 484 g/mol. The summed E-state index contributed by atoms with van der Waals surface area (Å²) in [5.41, 5.74) is 5.16. The number of ether oxygens (including phenoxy) is 2. The number of hydrogen-bond donors (Lipinski definition) is 1. The molecule has 0 bridgehead atoms. The van der Waals surface area contributed by atoms with E-state index in [4.69, 9.17) is 9.47 Å². The fourth-order valence-electron chi connectivity index (χ4n) is 3.89. The summed E-state index contributed by atoms with van der Waals surface area (Å²) in [6.07, 6.45) is 0. The Morgan fingerprint density at radius 3 is 2.12 bits per heavy atom. The summed E-state index contributed by atoms with van der Waals surface area (Å²) in [6.45, 7) is 9.70. The molecule has 7 nitrogen and oxygen atoms in total. The molecule has 1 heterocycles. The van der Waals surface area contributed by atoms with Crippen LogP contribution in [0.2, 0.25) is 0 Å². The van der Waals surface area contributed by atoms with Crippen molar-refractivity contribution in [1.82, 2.24) is 9.29 Å². The molecule has 34 heavy (non-hydrogen) atoms. The number of esters is 1. The number of carbonyl (C=O) groups excluding carboxylic acids is 1. The minimum atomic E-state index is -3.84. The van der Waals surface area contributed by atoms with Gasteiger partial charge >= 0.3 is 5.97 Å². The third-order valence-corrected chi connectivity index (χ3v) is 7.60. The van der Waals surface area contributed by atoms with Gasteiger partial charge in [0.05, 0.1) is 25.2 Å². The van der Waals surface area contributed by atoms with E-state index in [2.05, 4.69) is 4.98 Å². The highest BCUT2D eigenvalue weighted by Gasteiger charge is 2.28. The molecule has 0 atom stereocenters. The van der Waals surface area contributed by atoms with E-state index in [1.165, 1.54) is 4.31 Å². The number of nitrogens with one attached hydrogen (secondary N) is 1. The molecule has 0 fully saturated rings. The average molecular weight is 485 g/mol. The molecule has 0 aliphatic heterocycles. The van der Waals surface area contributed by atoms with Crippen molar-refractivity contribution in [3.63, 3.8) is 0 Å². The molecule has 2 aromatic carbocycles. The number of H-pyrrole nitrogens is 1. The van der Waals surface area contributed by atoms with Gasteiger partial charge in [-0.1, -0.05) is 18.2 Å². The normalized spacial score (nSPS) is 11.6. The molecule has 3 aromatic rings. The van der Waals surface area contributed by atoms with Crippen LogP contribution in [0.1, 0.15) is 50.9 Å². The number of aromatic amines is 1. The van der Waals surface area contributed by atoms with Gasteiger partial charge in [-0.2, -0.15) is 4.31 Å². The first-order valence-corrected chi connectivity index (χ1v) is 12.6. The molecule has 3 rings (SSSR count). The second-order valence-electron chi connectivity index (χ2n) is 8.39. The van der Waals surface area contributed by atoms with Gasteiger partial charge in [0.15, 0.2) is 0 Å². The smallest absolute Gasteiger partial charge is 0.355 e. The van der Waals surface area contributed by atoms with Gasteiger partial charge in [-0.15, -0.1) is 0 Å². The number of rotatable bonds is 9. The molecule has 182 valence electrons. The summed E-state index contributed by atoms with van der Waals surface area (Å²) < 4.78 is 39.4. The molecule has 0 saturated heterocycles. The van der Waals surface area contributed by atoms with Gasteiger partial charge in [-0.25, -0.2) is 13.2 Å². The minimum Gasteiger partial charge on any atom is -0.497 e. The van der Waals surface area contributed by atoms with Gasteiger partial charge in [-0.3, -0.25) is 0 Å². The lowest BCUT2D eigenvalue weighted by atomic mass is 10.1. The van der Waals surface area contributed by atoms with Crippen molar-refractivity contribution in [2.45, 2.75) is 52.6 Å². The third-order valence-electron chi connectivity index (χ3n) is 5.83. The fourth-order valence-corrected chi connectivity index (χ4v) is 5.47. The van der Waals surface area contributed by atoms with Crippen LogP contribution in [-0.2, 0) is 27.8 Å². The number of aryl methyl sites for hydroxylation is 2. The molecular weight excluding hydrogens is 452 g/mol. The molecule has 1 N–H and O–H groups in total. The highest BCUT2D eigenvalue weighted by atomic mass is 32.2. The maximum Gasteiger partial charge on any atom is 0.355 e. The van der Waals surface area contributed by atoms with E-state index in [0.29, 0.717) is 17.1 Å². The summed E-state index contributed by atoms with van der Waals surface area (Å²) in [6, 6.07) is 12.6. The van der Waals surface area contributed by atoms with Gasteiger partial charge in [-0.05, 0) is 86.7 Å². The summed E-state index contributed by atoms with van der Waals surface area (Å²) in [5, 5.41) is 0. The maximum atomic E-state index is 13.8. The van der Waals surface area contributed by atoms with Crippen LogP contribution < -0.4 is 4.74 Å². The molecule has 0 unspecified atom stereocenters. The van der Waals surface area contributed by atoms with E-state index in [0.717, 1.165) is 27.8 Å². The number of benzene rings is 2. The summed E-state index contributed by atoms with van der Waals surface area (Å²) in [7, 11) is -2.26. The van der Waals surface area contributed by atoms with Crippen molar-refractivity contribution in [2.24, 2.45) is 0 Å². The van der Waals surface area contributed by atoms with Gasteiger partial charge in [0.2, 0.25) is 10.0 Å². The Hall–Kier alpha value is -3.10. The zero-order chi connectivity index (χ0) is 25.0. The predicted octanol–water partition coefficient (Wildman–Crippen LogP) is 4.82. The first-order chi connectivity index (χ1) is 16.1. The van der Waals surface area contributed by atoms with Crippen LogP contribution in [0, 0.1) is 27.7 Å². The van der Waals surface area contributed by atoms with Crippen molar-refractivity contribution in [1.29, 1.82) is 0 Å². The second kappa shape index (κ2) is 10.4. The predicted molar refractivity (Wildman–Crippen MR) is 132 cm³/mol. The molecule has 0 radical (unpaired) electrons. The lowest BCUT2D eigenvalue weighted by Crippen LogP contribution is -2.31. The van der Waals surface area contributed by atoms with Crippen molar-refractivity contribution < 1.29 is 22.7 Å². The fraction of sp³-hybridized carbons (Fsp3) is 0.346. The highest BCUT2D eigenvalue weighted by Crippen LogP contribution is 2.26. The first-order valence-electron chi connectivity index (χ1n) is 11.1. The molecule has 0 amide bonds. The first kappa shape index (κ1) is 25.5. The van der Waals surface area contributed by atoms with Crippen LogP contribution in [0.4, 0.5) is 0 Å².